The third-order valence-corrected chi connectivity index (χ3v) is 2.44. The molecule has 0 atom stereocenters. The molecular formula is C15H13NO. The van der Waals surface area contributed by atoms with Crippen LogP contribution in [-0.2, 0) is 0 Å². The number of hydrogen-bond acceptors (Lipinski definition) is 2. The van der Waals surface area contributed by atoms with Gasteiger partial charge in [-0.25, -0.2) is 0 Å². The van der Waals surface area contributed by atoms with Crippen LogP contribution in [0.3, 0.4) is 0 Å². The van der Waals surface area contributed by atoms with E-state index in [-0.39, 0.29) is 5.78 Å². The zero-order valence-electron chi connectivity index (χ0n) is 9.63. The number of Topliss-reactive ketones (excluding diaryl/α,β-unsaturated/α-hetero) is 1. The Morgan fingerprint density at radius 3 is 2.35 bits per heavy atom. The fraction of sp³-hybridized carbons (Fsp3) is 0.0667. The minimum Gasteiger partial charge on any atom is -0.294 e. The fourth-order valence-corrected chi connectivity index (χ4v) is 1.57. The maximum Gasteiger partial charge on any atom is 0.161 e. The average Bonchev–Trinajstić information content (AvgIpc) is 2.38. The molecule has 0 saturated carbocycles. The highest BCUT2D eigenvalue weighted by Crippen LogP contribution is 2.18. The highest BCUT2D eigenvalue weighted by Gasteiger charge is 2.03. The largest absolute Gasteiger partial charge is 0.294 e. The summed E-state index contributed by atoms with van der Waals surface area (Å²) < 4.78 is 0. The number of para-hydroxylation sites is 1. The molecule has 0 bridgehead atoms. The van der Waals surface area contributed by atoms with Crippen molar-refractivity contribution < 1.29 is 4.79 Å². The van der Waals surface area contributed by atoms with E-state index in [1.807, 2.05) is 48.5 Å². The number of ketones is 1. The Morgan fingerprint density at radius 2 is 1.65 bits per heavy atom. The monoisotopic (exact) mass is 223 g/mol. The molecule has 0 amide bonds. The molecule has 2 rings (SSSR count). The molecule has 0 unspecified atom stereocenters. The van der Waals surface area contributed by atoms with Crippen molar-refractivity contribution in [1.29, 1.82) is 0 Å². The molecule has 0 N–H and O–H groups in total. The SMILES string of the molecule is CC(=O)c1ccccc1/N=C/c1ccccc1. The highest BCUT2D eigenvalue weighted by molar-refractivity contribution is 5.99. The van der Waals surface area contributed by atoms with Crippen molar-refractivity contribution in [1.82, 2.24) is 0 Å². The van der Waals surface area contributed by atoms with Gasteiger partial charge in [-0.2, -0.15) is 0 Å². The van der Waals surface area contributed by atoms with Crippen molar-refractivity contribution in [2.45, 2.75) is 6.92 Å². The summed E-state index contributed by atoms with van der Waals surface area (Å²) in [7, 11) is 0. The van der Waals surface area contributed by atoms with E-state index >= 15 is 0 Å². The number of hydrogen-bond donors (Lipinski definition) is 0. The predicted octanol–water partition coefficient (Wildman–Crippen LogP) is 3.64. The molecule has 84 valence electrons. The van der Waals surface area contributed by atoms with Crippen molar-refractivity contribution in [2.75, 3.05) is 0 Å². The Balaban J connectivity index is 2.30. The molecule has 0 aliphatic rings. The van der Waals surface area contributed by atoms with Crippen LogP contribution in [0, 0.1) is 0 Å². The van der Waals surface area contributed by atoms with E-state index < -0.39 is 0 Å². The summed E-state index contributed by atoms with van der Waals surface area (Å²) in [5.74, 6) is 0.0332. The van der Waals surface area contributed by atoms with Gasteiger partial charge >= 0.3 is 0 Å². The average molecular weight is 223 g/mol. The topological polar surface area (TPSA) is 29.4 Å². The van der Waals surface area contributed by atoms with Gasteiger partial charge in [0.05, 0.1) is 5.69 Å². The Bertz CT molecular complexity index is 544. The third-order valence-electron chi connectivity index (χ3n) is 2.44. The van der Waals surface area contributed by atoms with Gasteiger partial charge in [0.1, 0.15) is 0 Å². The number of carbonyl (C=O) groups is 1. The molecule has 2 aromatic carbocycles. The Morgan fingerprint density at radius 1 is 1.00 bits per heavy atom. The summed E-state index contributed by atoms with van der Waals surface area (Å²) in [5, 5.41) is 0. The van der Waals surface area contributed by atoms with Crippen molar-refractivity contribution in [3.8, 4) is 0 Å². The van der Waals surface area contributed by atoms with Crippen LogP contribution in [-0.4, -0.2) is 12.0 Å². The van der Waals surface area contributed by atoms with Gasteiger partial charge in [0.15, 0.2) is 5.78 Å². The van der Waals surface area contributed by atoms with Gasteiger partial charge in [0.25, 0.3) is 0 Å². The second-order valence-electron chi connectivity index (χ2n) is 3.74. The van der Waals surface area contributed by atoms with Crippen LogP contribution in [0.4, 0.5) is 5.69 Å². The van der Waals surface area contributed by atoms with Crippen LogP contribution >= 0.6 is 0 Å². The zero-order valence-corrected chi connectivity index (χ0v) is 9.63. The standard InChI is InChI=1S/C15H13NO/c1-12(17)14-9-5-6-10-15(14)16-11-13-7-3-2-4-8-13/h2-11H,1H3/b16-11+. The lowest BCUT2D eigenvalue weighted by Crippen LogP contribution is -1.92. The van der Waals surface area contributed by atoms with E-state index in [9.17, 15) is 4.79 Å². The van der Waals surface area contributed by atoms with Crippen molar-refractivity contribution >= 4 is 17.7 Å². The highest BCUT2D eigenvalue weighted by atomic mass is 16.1. The van der Waals surface area contributed by atoms with Crippen molar-refractivity contribution in [3.63, 3.8) is 0 Å². The van der Waals surface area contributed by atoms with Gasteiger partial charge in [0, 0.05) is 11.8 Å². The predicted molar refractivity (Wildman–Crippen MR) is 70.1 cm³/mol. The van der Waals surface area contributed by atoms with Crippen LogP contribution in [0.2, 0.25) is 0 Å². The fourth-order valence-electron chi connectivity index (χ4n) is 1.57. The molecule has 2 aromatic rings. The van der Waals surface area contributed by atoms with Crippen LogP contribution in [0.25, 0.3) is 0 Å². The number of benzene rings is 2. The molecule has 2 nitrogen and oxygen atoms in total. The summed E-state index contributed by atoms with van der Waals surface area (Å²) >= 11 is 0. The summed E-state index contributed by atoms with van der Waals surface area (Å²) in [6.45, 7) is 1.55. The van der Waals surface area contributed by atoms with E-state index in [0.29, 0.717) is 11.3 Å². The first-order chi connectivity index (χ1) is 8.27. The van der Waals surface area contributed by atoms with Crippen LogP contribution in [0.15, 0.2) is 59.6 Å². The van der Waals surface area contributed by atoms with Gasteiger partial charge in [0.2, 0.25) is 0 Å². The van der Waals surface area contributed by atoms with Gasteiger partial charge in [-0.3, -0.25) is 9.79 Å². The second kappa shape index (κ2) is 5.21. The molecule has 0 spiro atoms. The van der Waals surface area contributed by atoms with Crippen LogP contribution in [0.5, 0.6) is 0 Å². The number of carbonyl (C=O) groups excluding carboxylic acids is 1. The van der Waals surface area contributed by atoms with Gasteiger partial charge < -0.3 is 0 Å². The van der Waals surface area contributed by atoms with E-state index in [1.165, 1.54) is 0 Å². The molecule has 0 aromatic heterocycles. The lowest BCUT2D eigenvalue weighted by molar-refractivity contribution is 0.101. The van der Waals surface area contributed by atoms with Gasteiger partial charge in [-0.1, -0.05) is 42.5 Å². The quantitative estimate of drug-likeness (QED) is 0.577. The molecule has 0 radical (unpaired) electrons. The Kier molecular flexibility index (Phi) is 3.46. The Labute approximate surface area is 101 Å². The van der Waals surface area contributed by atoms with Crippen molar-refractivity contribution in [2.24, 2.45) is 4.99 Å². The number of nitrogens with zero attached hydrogens (tertiary/aromatic N) is 1. The smallest absolute Gasteiger partial charge is 0.161 e. The molecule has 0 fully saturated rings. The first-order valence-corrected chi connectivity index (χ1v) is 5.46. The maximum atomic E-state index is 11.4. The molecule has 0 aliphatic carbocycles. The first kappa shape index (κ1) is 11.3. The van der Waals surface area contributed by atoms with Crippen LogP contribution in [0.1, 0.15) is 22.8 Å². The minimum atomic E-state index is 0.0332. The summed E-state index contributed by atoms with van der Waals surface area (Å²) in [4.78, 5) is 15.8. The zero-order chi connectivity index (χ0) is 12.1. The molecule has 0 aliphatic heterocycles. The van der Waals surface area contributed by atoms with E-state index in [0.717, 1.165) is 5.56 Å². The minimum absolute atomic E-state index is 0.0332. The normalized spacial score (nSPS) is 10.6. The molecule has 2 heteroatoms. The summed E-state index contributed by atoms with van der Waals surface area (Å²) in [5.41, 5.74) is 2.38. The van der Waals surface area contributed by atoms with E-state index in [2.05, 4.69) is 4.99 Å². The molecule has 17 heavy (non-hydrogen) atoms. The number of rotatable bonds is 3. The molecule has 0 heterocycles. The molecular weight excluding hydrogens is 210 g/mol. The van der Waals surface area contributed by atoms with Crippen molar-refractivity contribution in [3.05, 3.63) is 65.7 Å². The lowest BCUT2D eigenvalue weighted by atomic mass is 10.1. The maximum absolute atomic E-state index is 11.4. The third kappa shape index (κ3) is 2.88. The first-order valence-electron chi connectivity index (χ1n) is 5.46. The number of aliphatic imine (C=N–C) groups is 1. The second-order valence-corrected chi connectivity index (χ2v) is 3.74. The van der Waals surface area contributed by atoms with Crippen LogP contribution < -0.4 is 0 Å². The van der Waals surface area contributed by atoms with E-state index in [1.54, 1.807) is 19.2 Å². The van der Waals surface area contributed by atoms with Gasteiger partial charge in [-0.15, -0.1) is 0 Å². The van der Waals surface area contributed by atoms with Gasteiger partial charge in [-0.05, 0) is 24.6 Å². The summed E-state index contributed by atoms with van der Waals surface area (Å²) in [6.07, 6.45) is 1.77. The lowest BCUT2D eigenvalue weighted by Gasteiger charge is -2.00. The Hall–Kier alpha value is -2.22. The van der Waals surface area contributed by atoms with E-state index in [4.69, 9.17) is 0 Å². The summed E-state index contributed by atoms with van der Waals surface area (Å²) in [6, 6.07) is 17.2. The molecule has 0 saturated heterocycles.